The van der Waals surface area contributed by atoms with E-state index in [9.17, 15) is 0 Å². The van der Waals surface area contributed by atoms with Crippen LogP contribution in [0.2, 0.25) is 0 Å². The van der Waals surface area contributed by atoms with E-state index in [1.807, 2.05) is 66.7 Å². The van der Waals surface area contributed by atoms with Gasteiger partial charge in [0.1, 0.15) is 0 Å². The van der Waals surface area contributed by atoms with Gasteiger partial charge in [-0.15, -0.1) is 0 Å². The molecule has 3 heteroatoms. The first-order valence-electron chi connectivity index (χ1n) is 7.89. The van der Waals surface area contributed by atoms with Crippen molar-refractivity contribution in [2.75, 3.05) is 0 Å². The summed E-state index contributed by atoms with van der Waals surface area (Å²) in [7, 11) is 0. The van der Waals surface area contributed by atoms with Gasteiger partial charge in [-0.3, -0.25) is 0 Å². The lowest BCUT2D eigenvalue weighted by Gasteiger charge is -2.08. The average molecular weight is 385 g/mol. The molecule has 0 saturated carbocycles. The highest BCUT2D eigenvalue weighted by Gasteiger charge is 2.10. The molecule has 0 amide bonds. The Morgan fingerprint density at radius 3 is 2.28 bits per heavy atom. The molecule has 0 aliphatic carbocycles. The average Bonchev–Trinajstić information content (AvgIpc) is 2.69. The van der Waals surface area contributed by atoms with E-state index in [4.69, 9.17) is 9.97 Å². The molecular weight excluding hydrogens is 372 g/mol. The summed E-state index contributed by atoms with van der Waals surface area (Å²) in [4.78, 5) is 9.54. The number of rotatable bonds is 3. The Hall–Kier alpha value is -2.96. The first-order valence-corrected chi connectivity index (χ1v) is 8.68. The van der Waals surface area contributed by atoms with Crippen LogP contribution in [0.1, 0.15) is 0 Å². The quantitative estimate of drug-likeness (QED) is 0.443. The number of nitrogens with zero attached hydrogens (tertiary/aromatic N) is 2. The molecule has 0 unspecified atom stereocenters. The van der Waals surface area contributed by atoms with Crippen molar-refractivity contribution in [2.45, 2.75) is 0 Å². The second kappa shape index (κ2) is 6.88. The van der Waals surface area contributed by atoms with Crippen molar-refractivity contribution in [1.29, 1.82) is 0 Å². The molecule has 1 aromatic heterocycles. The van der Waals surface area contributed by atoms with E-state index >= 15 is 0 Å². The Labute approximate surface area is 155 Å². The molecule has 4 aromatic rings. The minimum Gasteiger partial charge on any atom is -0.228 e. The molecule has 0 aliphatic heterocycles. The Kier molecular flexibility index (Phi) is 4.28. The van der Waals surface area contributed by atoms with Crippen LogP contribution >= 0.6 is 15.9 Å². The van der Waals surface area contributed by atoms with Crippen molar-refractivity contribution < 1.29 is 0 Å². The fourth-order valence-corrected chi connectivity index (χ4v) is 3.00. The molecular formula is C22H13BrN2. The van der Waals surface area contributed by atoms with Crippen LogP contribution in [0.4, 0.5) is 0 Å². The van der Waals surface area contributed by atoms with E-state index in [-0.39, 0.29) is 0 Å². The molecule has 0 atom stereocenters. The van der Waals surface area contributed by atoms with Crippen molar-refractivity contribution >= 4 is 15.9 Å². The lowest BCUT2D eigenvalue weighted by atomic mass is 10.1. The molecule has 118 valence electrons. The second-order valence-electron chi connectivity index (χ2n) is 5.55. The van der Waals surface area contributed by atoms with Crippen LogP contribution < -0.4 is 0 Å². The molecule has 0 bridgehead atoms. The van der Waals surface area contributed by atoms with Gasteiger partial charge in [-0.1, -0.05) is 76.6 Å². The van der Waals surface area contributed by atoms with E-state index in [0.29, 0.717) is 5.82 Å². The predicted molar refractivity (Wildman–Crippen MR) is 104 cm³/mol. The first-order chi connectivity index (χ1) is 12.3. The van der Waals surface area contributed by atoms with Crippen LogP contribution in [0, 0.1) is 12.1 Å². The minimum absolute atomic E-state index is 0.690. The summed E-state index contributed by atoms with van der Waals surface area (Å²) in [5.41, 5.74) is 4.65. The fourth-order valence-electron chi connectivity index (χ4n) is 2.60. The van der Waals surface area contributed by atoms with Gasteiger partial charge in [-0.2, -0.15) is 0 Å². The molecule has 2 nitrogen and oxygen atoms in total. The van der Waals surface area contributed by atoms with Crippen molar-refractivity contribution in [2.24, 2.45) is 0 Å². The summed E-state index contributed by atoms with van der Waals surface area (Å²) >= 11 is 3.52. The molecule has 0 N–H and O–H groups in total. The summed E-state index contributed by atoms with van der Waals surface area (Å²) in [5.74, 6) is 0.690. The van der Waals surface area contributed by atoms with E-state index in [0.717, 1.165) is 32.6 Å². The SMILES string of the molecule is Brc1cccc(-c2nc(-c3c#cccc3)cc(-c3ccccc3)n2)c1. The predicted octanol–water partition coefficient (Wildman–Crippen LogP) is 5.84. The lowest BCUT2D eigenvalue weighted by Crippen LogP contribution is -1.95. The van der Waals surface area contributed by atoms with Crippen LogP contribution in [-0.2, 0) is 0 Å². The Morgan fingerprint density at radius 1 is 0.720 bits per heavy atom. The zero-order valence-electron chi connectivity index (χ0n) is 13.3. The van der Waals surface area contributed by atoms with E-state index in [1.165, 1.54) is 0 Å². The normalized spacial score (nSPS) is 10.3. The molecule has 0 spiro atoms. The maximum atomic E-state index is 4.78. The summed E-state index contributed by atoms with van der Waals surface area (Å²) in [6.07, 6.45) is 0. The van der Waals surface area contributed by atoms with E-state index in [1.54, 1.807) is 0 Å². The molecule has 0 fully saturated rings. The number of aromatic nitrogens is 2. The van der Waals surface area contributed by atoms with Gasteiger partial charge in [0.25, 0.3) is 0 Å². The van der Waals surface area contributed by atoms with Gasteiger partial charge in [-0.25, -0.2) is 9.97 Å². The molecule has 1 heterocycles. The zero-order chi connectivity index (χ0) is 17.1. The van der Waals surface area contributed by atoms with Crippen molar-refractivity contribution in [1.82, 2.24) is 9.97 Å². The van der Waals surface area contributed by atoms with Gasteiger partial charge < -0.3 is 0 Å². The summed E-state index contributed by atoms with van der Waals surface area (Å²) in [6, 6.07) is 32.0. The number of benzene rings is 2. The van der Waals surface area contributed by atoms with Crippen LogP contribution in [-0.4, -0.2) is 9.97 Å². The molecule has 0 saturated heterocycles. The Balaban J connectivity index is 1.92. The van der Waals surface area contributed by atoms with Crippen LogP contribution in [0.3, 0.4) is 0 Å². The smallest absolute Gasteiger partial charge is 0.160 e. The Morgan fingerprint density at radius 2 is 1.52 bits per heavy atom. The standard InChI is InChI=1S/C22H13BrN2/c23-19-13-7-12-18(14-19)22-24-20(16-8-3-1-4-9-16)15-21(25-22)17-10-5-2-6-11-17/h1-5,7-10,12-15H. The third kappa shape index (κ3) is 3.45. The molecule has 0 radical (unpaired) electrons. The topological polar surface area (TPSA) is 25.8 Å². The molecule has 4 rings (SSSR count). The van der Waals surface area contributed by atoms with Gasteiger partial charge in [0, 0.05) is 15.6 Å². The minimum atomic E-state index is 0.690. The highest BCUT2D eigenvalue weighted by Crippen LogP contribution is 2.27. The third-order valence-corrected chi connectivity index (χ3v) is 4.30. The largest absolute Gasteiger partial charge is 0.228 e. The van der Waals surface area contributed by atoms with Crippen molar-refractivity contribution in [3.05, 3.63) is 95.5 Å². The maximum Gasteiger partial charge on any atom is 0.160 e. The van der Waals surface area contributed by atoms with Gasteiger partial charge in [0.2, 0.25) is 0 Å². The lowest BCUT2D eigenvalue weighted by molar-refractivity contribution is 1.18. The van der Waals surface area contributed by atoms with Crippen molar-refractivity contribution in [3.8, 4) is 33.9 Å². The van der Waals surface area contributed by atoms with Gasteiger partial charge in [0.15, 0.2) is 5.82 Å². The summed E-state index contributed by atoms with van der Waals surface area (Å²) in [5, 5.41) is 0. The van der Waals surface area contributed by atoms with Gasteiger partial charge >= 0.3 is 0 Å². The van der Waals surface area contributed by atoms with E-state index in [2.05, 4.69) is 40.2 Å². The maximum absolute atomic E-state index is 4.78. The second-order valence-corrected chi connectivity index (χ2v) is 6.46. The molecule has 3 aromatic carbocycles. The summed E-state index contributed by atoms with van der Waals surface area (Å²) < 4.78 is 1.000. The Bertz CT molecular complexity index is 941. The zero-order valence-corrected chi connectivity index (χ0v) is 14.9. The fraction of sp³-hybridized carbons (Fsp3) is 0. The molecule has 0 aliphatic rings. The van der Waals surface area contributed by atoms with Crippen LogP contribution in [0.25, 0.3) is 33.9 Å². The number of hydrogen-bond donors (Lipinski definition) is 0. The van der Waals surface area contributed by atoms with Gasteiger partial charge in [0.05, 0.1) is 17.0 Å². The van der Waals surface area contributed by atoms with Crippen LogP contribution in [0.5, 0.6) is 0 Å². The van der Waals surface area contributed by atoms with E-state index < -0.39 is 0 Å². The highest BCUT2D eigenvalue weighted by molar-refractivity contribution is 9.10. The monoisotopic (exact) mass is 384 g/mol. The first kappa shape index (κ1) is 15.6. The number of halogens is 1. The van der Waals surface area contributed by atoms with Crippen molar-refractivity contribution in [3.63, 3.8) is 0 Å². The van der Waals surface area contributed by atoms with Crippen LogP contribution in [0.15, 0.2) is 83.3 Å². The highest BCUT2D eigenvalue weighted by atomic mass is 79.9. The number of hydrogen-bond acceptors (Lipinski definition) is 2. The molecule has 25 heavy (non-hydrogen) atoms. The van der Waals surface area contributed by atoms with Gasteiger partial charge in [-0.05, 0) is 30.3 Å². The third-order valence-electron chi connectivity index (χ3n) is 3.80. The summed E-state index contributed by atoms with van der Waals surface area (Å²) in [6.45, 7) is 0.